The molecule has 1 aliphatic rings. The van der Waals surface area contributed by atoms with E-state index in [1.165, 1.54) is 0 Å². The number of ether oxygens (including phenoxy) is 1. The smallest absolute Gasteiger partial charge is 0.319 e. The predicted molar refractivity (Wildman–Crippen MR) is 98.6 cm³/mol. The van der Waals surface area contributed by atoms with Crippen molar-refractivity contribution in [1.29, 1.82) is 0 Å². The van der Waals surface area contributed by atoms with Crippen LogP contribution in [0, 0.1) is 0 Å². The molecule has 138 valence electrons. The second-order valence-corrected chi connectivity index (χ2v) is 6.80. The topological polar surface area (TPSA) is 90.9 Å². The third-order valence-electron chi connectivity index (χ3n) is 4.35. The molecule has 0 aromatic heterocycles. The Labute approximate surface area is 152 Å². The maximum Gasteiger partial charge on any atom is 0.319 e. The number of thioether (sulfide) groups is 1. The highest BCUT2D eigenvalue weighted by molar-refractivity contribution is 7.98. The van der Waals surface area contributed by atoms with E-state index in [0.717, 1.165) is 23.5 Å². The second kappa shape index (κ2) is 8.96. The monoisotopic (exact) mass is 367 g/mol. The lowest BCUT2D eigenvalue weighted by atomic mass is 9.85. The van der Waals surface area contributed by atoms with Crippen molar-refractivity contribution in [2.24, 2.45) is 0 Å². The Bertz CT molecular complexity index is 620. The lowest BCUT2D eigenvalue weighted by molar-refractivity contribution is -0.139. The van der Waals surface area contributed by atoms with E-state index in [4.69, 9.17) is 9.84 Å². The van der Waals surface area contributed by atoms with Gasteiger partial charge in [0.25, 0.3) is 0 Å². The Morgan fingerprint density at radius 3 is 2.68 bits per heavy atom. The van der Waals surface area contributed by atoms with Gasteiger partial charge in [-0.2, -0.15) is 0 Å². The molecule has 0 heterocycles. The average Bonchev–Trinajstić information content (AvgIpc) is 2.55. The summed E-state index contributed by atoms with van der Waals surface area (Å²) in [6, 6.07) is 5.54. The number of hydrogen-bond acceptors (Lipinski definition) is 5. The molecule has 0 radical (unpaired) electrons. The molecule has 0 aliphatic heterocycles. The molecule has 1 aliphatic carbocycles. The summed E-state index contributed by atoms with van der Waals surface area (Å²) in [5.74, 6) is -0.0431. The number of nitrogens with zero attached hydrogens (tertiary/aromatic N) is 1. The number of nitrogens with one attached hydrogen (secondary N) is 2. The van der Waals surface area contributed by atoms with Gasteiger partial charge in [-0.25, -0.2) is 4.79 Å². The van der Waals surface area contributed by atoms with Crippen LogP contribution in [-0.2, 0) is 4.79 Å². The number of rotatable bonds is 8. The molecule has 1 aromatic rings. The van der Waals surface area contributed by atoms with Crippen molar-refractivity contribution in [3.8, 4) is 5.75 Å². The highest BCUT2D eigenvalue weighted by Gasteiger charge is 2.34. The van der Waals surface area contributed by atoms with E-state index in [0.29, 0.717) is 12.2 Å². The van der Waals surface area contributed by atoms with Crippen molar-refractivity contribution >= 4 is 29.4 Å². The summed E-state index contributed by atoms with van der Waals surface area (Å²) in [5.41, 5.74) is 0.708. The molecule has 1 saturated carbocycles. The van der Waals surface area contributed by atoms with E-state index < -0.39 is 5.97 Å². The van der Waals surface area contributed by atoms with Gasteiger partial charge in [-0.3, -0.25) is 9.69 Å². The number of aliphatic carboxylic acids is 1. The molecule has 0 atom stereocenters. The molecule has 25 heavy (non-hydrogen) atoms. The zero-order valence-corrected chi connectivity index (χ0v) is 15.6. The van der Waals surface area contributed by atoms with Gasteiger partial charge >= 0.3 is 12.0 Å². The van der Waals surface area contributed by atoms with Crippen LogP contribution in [0.4, 0.5) is 10.5 Å². The van der Waals surface area contributed by atoms with Crippen molar-refractivity contribution in [3.05, 3.63) is 18.2 Å². The van der Waals surface area contributed by atoms with Gasteiger partial charge in [-0.15, -0.1) is 11.8 Å². The van der Waals surface area contributed by atoms with Crippen molar-refractivity contribution in [3.63, 3.8) is 0 Å². The van der Waals surface area contributed by atoms with E-state index in [1.807, 2.05) is 30.2 Å². The minimum absolute atomic E-state index is 0.0450. The molecule has 2 amide bonds. The fraction of sp³-hybridized carbons (Fsp3) is 0.529. The summed E-state index contributed by atoms with van der Waals surface area (Å²) in [7, 11) is 1.62. The number of anilines is 1. The van der Waals surface area contributed by atoms with Gasteiger partial charge in [0.2, 0.25) is 0 Å². The number of urea groups is 1. The highest BCUT2D eigenvalue weighted by Crippen LogP contribution is 2.30. The van der Waals surface area contributed by atoms with Gasteiger partial charge in [-0.05, 0) is 43.8 Å². The number of carbonyl (C=O) groups excluding carboxylic acids is 1. The van der Waals surface area contributed by atoms with Gasteiger partial charge in [0.15, 0.2) is 0 Å². The molecule has 1 fully saturated rings. The number of carboxylic acids is 1. The molecule has 2 rings (SSSR count). The van der Waals surface area contributed by atoms with Gasteiger partial charge in [-0.1, -0.05) is 6.92 Å². The van der Waals surface area contributed by atoms with Crippen molar-refractivity contribution in [1.82, 2.24) is 10.2 Å². The molecule has 0 unspecified atom stereocenters. The van der Waals surface area contributed by atoms with Crippen LogP contribution in [0.2, 0.25) is 0 Å². The summed E-state index contributed by atoms with van der Waals surface area (Å²) >= 11 is 1.55. The number of benzene rings is 1. The van der Waals surface area contributed by atoms with E-state index >= 15 is 0 Å². The molecule has 7 nitrogen and oxygen atoms in total. The third kappa shape index (κ3) is 5.27. The fourth-order valence-corrected chi connectivity index (χ4v) is 3.54. The lowest BCUT2D eigenvalue weighted by Crippen LogP contribution is -2.55. The molecular formula is C17H25N3O4S. The number of carbonyl (C=O) groups is 2. The van der Waals surface area contributed by atoms with E-state index in [-0.39, 0.29) is 24.7 Å². The molecule has 0 spiro atoms. The second-order valence-electron chi connectivity index (χ2n) is 5.95. The van der Waals surface area contributed by atoms with Crippen LogP contribution in [0.3, 0.4) is 0 Å². The highest BCUT2D eigenvalue weighted by atomic mass is 32.2. The van der Waals surface area contributed by atoms with Gasteiger partial charge < -0.3 is 20.5 Å². The first kappa shape index (κ1) is 19.4. The number of hydrogen-bond donors (Lipinski definition) is 3. The maximum atomic E-state index is 12.1. The largest absolute Gasteiger partial charge is 0.496 e. The van der Waals surface area contributed by atoms with Gasteiger partial charge in [0.1, 0.15) is 5.75 Å². The van der Waals surface area contributed by atoms with Crippen LogP contribution in [0.25, 0.3) is 0 Å². The Hall–Kier alpha value is -1.93. The summed E-state index contributed by atoms with van der Waals surface area (Å²) in [6.45, 7) is 2.69. The first-order valence-corrected chi connectivity index (χ1v) is 9.44. The first-order valence-electron chi connectivity index (χ1n) is 8.22. The predicted octanol–water partition coefficient (Wildman–Crippen LogP) is 2.48. The molecule has 0 bridgehead atoms. The molecule has 3 N–H and O–H groups in total. The van der Waals surface area contributed by atoms with Crippen LogP contribution in [0.5, 0.6) is 5.75 Å². The van der Waals surface area contributed by atoms with E-state index in [1.54, 1.807) is 24.9 Å². The summed E-state index contributed by atoms with van der Waals surface area (Å²) in [4.78, 5) is 25.8. The Morgan fingerprint density at radius 2 is 2.12 bits per heavy atom. The van der Waals surface area contributed by atoms with Gasteiger partial charge in [0, 0.05) is 17.8 Å². The van der Waals surface area contributed by atoms with Crippen LogP contribution in [0.15, 0.2) is 23.1 Å². The Balaban J connectivity index is 1.81. The number of carboxylic acid groups (broad SMARTS) is 1. The van der Waals surface area contributed by atoms with Crippen molar-refractivity contribution in [2.75, 3.05) is 31.8 Å². The van der Waals surface area contributed by atoms with Gasteiger partial charge in [0.05, 0.1) is 18.6 Å². The summed E-state index contributed by atoms with van der Waals surface area (Å²) < 4.78 is 5.26. The fourth-order valence-electron chi connectivity index (χ4n) is 2.94. The third-order valence-corrected chi connectivity index (χ3v) is 5.11. The molecule has 0 saturated heterocycles. The average molecular weight is 367 g/mol. The molecular weight excluding hydrogens is 342 g/mol. The van der Waals surface area contributed by atoms with Crippen LogP contribution >= 0.6 is 11.8 Å². The minimum atomic E-state index is -0.819. The summed E-state index contributed by atoms with van der Waals surface area (Å²) in [6.07, 6.45) is 3.49. The standard InChI is InChI=1S/C17H25N3O4S/c1-4-20(10-16(21)22)13-7-12(8-13)19-17(23)18-11-5-6-14(24-2)15(9-11)25-3/h5-6,9,12-13H,4,7-8,10H2,1-3H3,(H,21,22)(H2,18,19,23). The number of methoxy groups -OCH3 is 1. The van der Waals surface area contributed by atoms with E-state index in [2.05, 4.69) is 10.6 Å². The normalized spacial score (nSPS) is 19.2. The molecule has 8 heteroatoms. The zero-order valence-electron chi connectivity index (χ0n) is 14.7. The van der Waals surface area contributed by atoms with Crippen LogP contribution in [0.1, 0.15) is 19.8 Å². The Kier molecular flexibility index (Phi) is 6.95. The number of likely N-dealkylation sites (N-methyl/N-ethyl adjacent to an activating group) is 1. The van der Waals surface area contributed by atoms with E-state index in [9.17, 15) is 9.59 Å². The van der Waals surface area contributed by atoms with Crippen LogP contribution < -0.4 is 15.4 Å². The minimum Gasteiger partial charge on any atom is -0.496 e. The summed E-state index contributed by atoms with van der Waals surface area (Å²) in [5, 5.41) is 14.7. The molecule has 1 aromatic carbocycles. The SMILES string of the molecule is CCN(CC(=O)O)C1CC(NC(=O)Nc2ccc(OC)c(SC)c2)C1. The maximum absolute atomic E-state index is 12.1. The Morgan fingerprint density at radius 1 is 1.40 bits per heavy atom. The van der Waals surface area contributed by atoms with Crippen LogP contribution in [-0.4, -0.2) is 60.5 Å². The van der Waals surface area contributed by atoms with Crippen molar-refractivity contribution < 1.29 is 19.4 Å². The lowest BCUT2D eigenvalue weighted by Gasteiger charge is -2.42. The van der Waals surface area contributed by atoms with Crippen molar-refractivity contribution in [2.45, 2.75) is 36.7 Å². The quantitative estimate of drug-likeness (QED) is 0.612. The zero-order chi connectivity index (χ0) is 18.4. The number of amides is 2. The first-order chi connectivity index (χ1) is 12.0.